The molecule has 3 aromatic rings. The van der Waals surface area contributed by atoms with Gasteiger partial charge in [-0.1, -0.05) is 12.1 Å². The summed E-state index contributed by atoms with van der Waals surface area (Å²) in [5.41, 5.74) is 2.07. The van der Waals surface area contributed by atoms with Crippen LogP contribution in [-0.4, -0.2) is 63.4 Å². The molecule has 0 spiro atoms. The number of rotatable bonds is 8. The second kappa shape index (κ2) is 9.75. The molecule has 0 aliphatic heterocycles. The number of anilines is 2. The van der Waals surface area contributed by atoms with Crippen molar-refractivity contribution in [2.45, 2.75) is 38.3 Å². The molecule has 0 bridgehead atoms. The summed E-state index contributed by atoms with van der Waals surface area (Å²) in [6.07, 6.45) is -4.35. The first-order chi connectivity index (χ1) is 15.7. The van der Waals surface area contributed by atoms with E-state index in [0.717, 1.165) is 10.2 Å². The highest BCUT2D eigenvalue weighted by atomic mass is 32.1. The Morgan fingerprint density at radius 1 is 1.18 bits per heavy atom. The molecule has 0 saturated heterocycles. The van der Waals surface area contributed by atoms with E-state index < -0.39 is 19.1 Å². The third kappa shape index (κ3) is 5.69. The molecule has 0 amide bonds. The van der Waals surface area contributed by atoms with E-state index in [0.29, 0.717) is 34.9 Å². The third-order valence-corrected chi connectivity index (χ3v) is 6.51. The lowest BCUT2D eigenvalue weighted by atomic mass is 10.1. The van der Waals surface area contributed by atoms with E-state index in [-0.39, 0.29) is 31.1 Å². The van der Waals surface area contributed by atoms with Gasteiger partial charge in [-0.15, -0.1) is 24.5 Å². The number of para-hydroxylation sites is 1. The van der Waals surface area contributed by atoms with Crippen molar-refractivity contribution in [1.29, 1.82) is 0 Å². The molecule has 1 saturated carbocycles. The molecule has 2 aromatic heterocycles. The number of fused-ring (bicyclic) bond motifs is 1. The second-order valence-corrected chi connectivity index (χ2v) is 8.93. The summed E-state index contributed by atoms with van der Waals surface area (Å²) in [5.74, 6) is 0.531. The maximum atomic E-state index is 12.2. The summed E-state index contributed by atoms with van der Waals surface area (Å²) < 4.78 is 41.5. The number of nitrogens with one attached hydrogen (secondary N) is 2. The fourth-order valence-corrected chi connectivity index (χ4v) is 4.98. The van der Waals surface area contributed by atoms with Crippen LogP contribution in [-0.2, 0) is 4.74 Å². The van der Waals surface area contributed by atoms with Gasteiger partial charge < -0.3 is 20.8 Å². The number of aromatic nitrogens is 3. The molecule has 33 heavy (non-hydrogen) atoms. The van der Waals surface area contributed by atoms with Crippen molar-refractivity contribution < 1.29 is 28.1 Å². The lowest BCUT2D eigenvalue weighted by molar-refractivity contribution is -0.322. The van der Waals surface area contributed by atoms with Crippen molar-refractivity contribution in [3.05, 3.63) is 30.0 Å². The predicted molar refractivity (Wildman–Crippen MR) is 119 cm³/mol. The number of ether oxygens (including phenoxy) is 1. The van der Waals surface area contributed by atoms with Crippen LogP contribution in [0.5, 0.6) is 0 Å². The van der Waals surface area contributed by atoms with Gasteiger partial charge in [-0.05, 0) is 37.8 Å². The van der Waals surface area contributed by atoms with Crippen molar-refractivity contribution in [2.75, 3.05) is 30.4 Å². The Morgan fingerprint density at radius 2 is 1.97 bits per heavy atom. The maximum absolute atomic E-state index is 12.2. The Bertz CT molecular complexity index is 1080. The predicted octanol–water partition coefficient (Wildman–Crippen LogP) is 3.55. The highest BCUT2D eigenvalue weighted by molar-refractivity contribution is 7.21. The highest BCUT2D eigenvalue weighted by Gasteiger charge is 2.34. The number of aryl methyl sites for hydroxylation is 1. The van der Waals surface area contributed by atoms with Gasteiger partial charge in [-0.3, -0.25) is 4.74 Å². The summed E-state index contributed by atoms with van der Waals surface area (Å²) in [4.78, 5) is 13.6. The van der Waals surface area contributed by atoms with Crippen LogP contribution >= 0.6 is 11.3 Å². The van der Waals surface area contributed by atoms with Crippen molar-refractivity contribution in [3.63, 3.8) is 0 Å². The van der Waals surface area contributed by atoms with Gasteiger partial charge in [-0.25, -0.2) is 9.97 Å². The molecule has 12 heteroatoms. The van der Waals surface area contributed by atoms with Crippen LogP contribution < -0.4 is 10.6 Å². The lowest BCUT2D eigenvalue weighted by Gasteiger charge is -2.20. The number of aliphatic hydroxyl groups is 2. The molecule has 0 radical (unpaired) electrons. The molecule has 3 atom stereocenters. The second-order valence-electron chi connectivity index (χ2n) is 7.90. The minimum Gasteiger partial charge on any atom is -0.396 e. The lowest BCUT2D eigenvalue weighted by Crippen LogP contribution is -2.29. The molecule has 4 N–H and O–H groups in total. The minimum absolute atomic E-state index is 0.0191. The largest absolute Gasteiger partial charge is 0.522 e. The first-order valence-electron chi connectivity index (χ1n) is 10.5. The van der Waals surface area contributed by atoms with Gasteiger partial charge in [0.2, 0.25) is 5.95 Å². The first kappa shape index (κ1) is 23.6. The third-order valence-electron chi connectivity index (χ3n) is 5.46. The molecule has 4 rings (SSSR count). The molecular weight excluding hydrogens is 459 g/mol. The van der Waals surface area contributed by atoms with Crippen LogP contribution in [0.15, 0.2) is 24.3 Å². The van der Waals surface area contributed by atoms with Crippen LogP contribution in [0.3, 0.4) is 0 Å². The number of nitrogens with zero attached hydrogens (tertiary/aromatic N) is 3. The molecule has 1 aliphatic carbocycles. The standard InChI is InChI=1S/C21H24F3N5O3S/c1-11-17(19-28-13-4-2-3-5-16(13)33-19)18(27-14-8-12(10-30)9-15(14)31)29-20(26-11)25-6-7-32-21(22,23)24/h2-5,12,14-15,30-31H,6-10H2,1H3,(H2,25,26,27,29)/t12-,14+,15+/m0/s1. The van der Waals surface area contributed by atoms with Crippen molar-refractivity contribution >= 4 is 33.3 Å². The Balaban J connectivity index is 1.64. The fraction of sp³-hybridized carbons (Fsp3) is 0.476. The maximum Gasteiger partial charge on any atom is 0.522 e. The van der Waals surface area contributed by atoms with Crippen LogP contribution in [0.2, 0.25) is 0 Å². The zero-order valence-corrected chi connectivity index (χ0v) is 18.6. The normalized spacial score (nSPS) is 21.0. The monoisotopic (exact) mass is 483 g/mol. The number of halogens is 3. The Hall–Kier alpha value is -2.54. The van der Waals surface area contributed by atoms with E-state index in [4.69, 9.17) is 4.98 Å². The van der Waals surface area contributed by atoms with Gasteiger partial charge in [0.25, 0.3) is 0 Å². The zero-order valence-electron chi connectivity index (χ0n) is 17.8. The average Bonchev–Trinajstić information content (AvgIpc) is 3.33. The van der Waals surface area contributed by atoms with E-state index in [9.17, 15) is 23.4 Å². The molecule has 1 aliphatic rings. The zero-order chi connectivity index (χ0) is 23.6. The summed E-state index contributed by atoms with van der Waals surface area (Å²) in [6, 6.07) is 7.34. The van der Waals surface area contributed by atoms with Gasteiger partial charge in [0.1, 0.15) is 10.8 Å². The van der Waals surface area contributed by atoms with E-state index in [1.807, 2.05) is 24.3 Å². The molecule has 178 valence electrons. The SMILES string of the molecule is Cc1nc(NCCOC(F)(F)F)nc(N[C@@H]2C[C@H](CO)C[C@H]2O)c1-c1nc2ccccc2s1. The van der Waals surface area contributed by atoms with Crippen LogP contribution in [0.25, 0.3) is 20.8 Å². The van der Waals surface area contributed by atoms with Gasteiger partial charge in [0, 0.05) is 13.2 Å². The number of hydrogen-bond acceptors (Lipinski definition) is 9. The van der Waals surface area contributed by atoms with Crippen LogP contribution in [0, 0.1) is 12.8 Å². The summed E-state index contributed by atoms with van der Waals surface area (Å²) in [7, 11) is 0. The van der Waals surface area contributed by atoms with E-state index in [1.54, 1.807) is 6.92 Å². The van der Waals surface area contributed by atoms with Crippen molar-refractivity contribution in [2.24, 2.45) is 5.92 Å². The summed E-state index contributed by atoms with van der Waals surface area (Å²) in [6.45, 7) is 1.02. The smallest absolute Gasteiger partial charge is 0.396 e. The van der Waals surface area contributed by atoms with E-state index >= 15 is 0 Å². The molecule has 8 nitrogen and oxygen atoms in total. The summed E-state index contributed by atoms with van der Waals surface area (Å²) >= 11 is 1.47. The average molecular weight is 484 g/mol. The Morgan fingerprint density at radius 3 is 2.67 bits per heavy atom. The minimum atomic E-state index is -4.70. The Labute approximate surface area is 191 Å². The number of hydrogen-bond donors (Lipinski definition) is 4. The number of alkyl halides is 3. The van der Waals surface area contributed by atoms with Crippen LogP contribution in [0.4, 0.5) is 24.9 Å². The van der Waals surface area contributed by atoms with E-state index in [1.165, 1.54) is 11.3 Å². The molecule has 1 aromatic carbocycles. The van der Waals surface area contributed by atoms with E-state index in [2.05, 4.69) is 25.3 Å². The van der Waals surface area contributed by atoms with Gasteiger partial charge in [-0.2, -0.15) is 4.98 Å². The fourth-order valence-electron chi connectivity index (χ4n) is 3.92. The Kier molecular flexibility index (Phi) is 6.98. The topological polar surface area (TPSA) is 112 Å². The molecule has 2 heterocycles. The first-order valence-corrected chi connectivity index (χ1v) is 11.3. The number of thiazole rings is 1. The highest BCUT2D eigenvalue weighted by Crippen LogP contribution is 2.38. The van der Waals surface area contributed by atoms with Crippen molar-refractivity contribution in [3.8, 4) is 10.6 Å². The molecule has 0 unspecified atom stereocenters. The quantitative estimate of drug-likeness (QED) is 0.360. The number of aliphatic hydroxyl groups excluding tert-OH is 2. The van der Waals surface area contributed by atoms with Crippen LogP contribution in [0.1, 0.15) is 18.5 Å². The molecule has 1 fully saturated rings. The van der Waals surface area contributed by atoms with Gasteiger partial charge in [0.05, 0.1) is 40.2 Å². The van der Waals surface area contributed by atoms with Crippen molar-refractivity contribution in [1.82, 2.24) is 15.0 Å². The summed E-state index contributed by atoms with van der Waals surface area (Å²) in [5, 5.41) is 26.6. The van der Waals surface area contributed by atoms with Gasteiger partial charge in [0.15, 0.2) is 0 Å². The molecular formula is C21H24F3N5O3S. The van der Waals surface area contributed by atoms with Gasteiger partial charge >= 0.3 is 6.36 Å². The number of benzene rings is 1.